The lowest BCUT2D eigenvalue weighted by Crippen LogP contribution is -2.51. The first-order chi connectivity index (χ1) is 11.6. The van der Waals surface area contributed by atoms with Gasteiger partial charge in [-0.15, -0.1) is 11.3 Å². The zero-order chi connectivity index (χ0) is 16.9. The van der Waals surface area contributed by atoms with Crippen molar-refractivity contribution in [3.05, 3.63) is 41.4 Å². The topological polar surface area (TPSA) is 51.7 Å². The number of thiophene rings is 1. The van der Waals surface area contributed by atoms with E-state index in [1.807, 2.05) is 42.1 Å². The highest BCUT2D eigenvalue weighted by atomic mass is 32.1. The van der Waals surface area contributed by atoms with Crippen LogP contribution in [0.4, 0.5) is 15.6 Å². The van der Waals surface area contributed by atoms with Gasteiger partial charge in [-0.25, -0.2) is 9.78 Å². The predicted molar refractivity (Wildman–Crippen MR) is 98.9 cm³/mol. The van der Waals surface area contributed by atoms with Gasteiger partial charge in [-0.3, -0.25) is 0 Å². The maximum Gasteiger partial charge on any atom is 0.317 e. The molecule has 24 heavy (non-hydrogen) atoms. The van der Waals surface area contributed by atoms with Gasteiger partial charge in [0.25, 0.3) is 0 Å². The van der Waals surface area contributed by atoms with E-state index in [4.69, 9.17) is 0 Å². The zero-order valence-corrected chi connectivity index (χ0v) is 14.9. The lowest BCUT2D eigenvalue weighted by atomic mass is 10.3. The summed E-state index contributed by atoms with van der Waals surface area (Å²) < 4.78 is 0. The van der Waals surface area contributed by atoms with E-state index >= 15 is 0 Å². The number of carbonyl (C=O) groups is 1. The summed E-state index contributed by atoms with van der Waals surface area (Å²) in [6.45, 7) is 3.69. The summed E-state index contributed by atoms with van der Waals surface area (Å²) in [5.41, 5.74) is 0.867. The number of urea groups is 1. The van der Waals surface area contributed by atoms with E-state index in [0.717, 1.165) is 37.7 Å². The van der Waals surface area contributed by atoms with E-state index < -0.39 is 0 Å². The number of hydrogen-bond donors (Lipinski definition) is 1. The van der Waals surface area contributed by atoms with Crippen molar-refractivity contribution in [3.8, 4) is 0 Å². The van der Waals surface area contributed by atoms with Gasteiger partial charge < -0.3 is 20.0 Å². The standard InChI is InChI=1S/C17H23N5OS/c1-20(2)15-6-3-5-14(19-15)13-18-17(23)22-10-8-21(9-11-22)16-7-4-12-24-16/h3-7,12H,8-11,13H2,1-2H3,(H,18,23). The van der Waals surface area contributed by atoms with Crippen LogP contribution in [0.2, 0.25) is 0 Å². The van der Waals surface area contributed by atoms with Gasteiger partial charge in [0.1, 0.15) is 5.82 Å². The van der Waals surface area contributed by atoms with Gasteiger partial charge in [0.15, 0.2) is 0 Å². The Balaban J connectivity index is 1.48. The van der Waals surface area contributed by atoms with E-state index in [1.165, 1.54) is 5.00 Å². The molecule has 0 aliphatic carbocycles. The Morgan fingerprint density at radius 1 is 1.21 bits per heavy atom. The van der Waals surface area contributed by atoms with Gasteiger partial charge in [0.2, 0.25) is 0 Å². The van der Waals surface area contributed by atoms with Gasteiger partial charge in [-0.05, 0) is 29.6 Å². The lowest BCUT2D eigenvalue weighted by molar-refractivity contribution is 0.194. The molecule has 0 atom stereocenters. The van der Waals surface area contributed by atoms with Crippen LogP contribution in [0, 0.1) is 0 Å². The van der Waals surface area contributed by atoms with Crippen LogP contribution >= 0.6 is 11.3 Å². The normalized spacial score (nSPS) is 14.6. The number of pyridine rings is 1. The first kappa shape index (κ1) is 16.6. The number of hydrogen-bond acceptors (Lipinski definition) is 5. The average Bonchev–Trinajstić information content (AvgIpc) is 3.14. The average molecular weight is 345 g/mol. The van der Waals surface area contributed by atoms with Crippen molar-refractivity contribution >= 4 is 28.2 Å². The van der Waals surface area contributed by atoms with Crippen LogP contribution in [0.3, 0.4) is 0 Å². The Morgan fingerprint density at radius 3 is 2.67 bits per heavy atom. The van der Waals surface area contributed by atoms with Crippen LogP contribution in [0.25, 0.3) is 0 Å². The van der Waals surface area contributed by atoms with Crippen LogP contribution in [0.5, 0.6) is 0 Å². The molecule has 1 aliphatic heterocycles. The lowest BCUT2D eigenvalue weighted by Gasteiger charge is -2.35. The third-order valence-electron chi connectivity index (χ3n) is 4.06. The van der Waals surface area contributed by atoms with Crippen molar-refractivity contribution in [1.82, 2.24) is 15.2 Å². The molecule has 0 spiro atoms. The molecule has 0 bridgehead atoms. The number of carbonyl (C=O) groups excluding carboxylic acids is 1. The second-order valence-corrected chi connectivity index (χ2v) is 6.89. The van der Waals surface area contributed by atoms with Gasteiger partial charge >= 0.3 is 6.03 Å². The predicted octanol–water partition coefficient (Wildman–Crippen LogP) is 2.24. The monoisotopic (exact) mass is 345 g/mol. The first-order valence-corrected chi connectivity index (χ1v) is 8.96. The Hall–Kier alpha value is -2.28. The molecule has 6 nitrogen and oxygen atoms in total. The molecule has 3 heterocycles. The minimum atomic E-state index is -0.0158. The highest BCUT2D eigenvalue weighted by molar-refractivity contribution is 7.14. The third-order valence-corrected chi connectivity index (χ3v) is 4.98. The SMILES string of the molecule is CN(C)c1cccc(CNC(=O)N2CCN(c3cccs3)CC2)n1. The molecule has 2 aromatic heterocycles. The number of amides is 2. The number of rotatable bonds is 4. The van der Waals surface area contributed by atoms with Crippen LogP contribution in [0.1, 0.15) is 5.69 Å². The molecule has 2 amide bonds. The maximum atomic E-state index is 12.3. The van der Waals surface area contributed by atoms with Gasteiger partial charge in [0, 0.05) is 40.3 Å². The second kappa shape index (κ2) is 7.53. The molecular weight excluding hydrogens is 322 g/mol. The first-order valence-electron chi connectivity index (χ1n) is 8.08. The summed E-state index contributed by atoms with van der Waals surface area (Å²) in [4.78, 5) is 23.0. The molecular formula is C17H23N5OS. The van der Waals surface area contributed by atoms with Gasteiger partial charge in [-0.1, -0.05) is 6.07 Å². The highest BCUT2D eigenvalue weighted by Gasteiger charge is 2.21. The largest absolute Gasteiger partial charge is 0.363 e. The minimum Gasteiger partial charge on any atom is -0.363 e. The highest BCUT2D eigenvalue weighted by Crippen LogP contribution is 2.22. The van der Waals surface area contributed by atoms with E-state index in [2.05, 4.69) is 32.7 Å². The Labute approximate surface area is 146 Å². The van der Waals surface area contributed by atoms with E-state index in [-0.39, 0.29) is 6.03 Å². The van der Waals surface area contributed by atoms with Crippen molar-refractivity contribution in [2.24, 2.45) is 0 Å². The van der Waals surface area contributed by atoms with E-state index in [0.29, 0.717) is 6.54 Å². The minimum absolute atomic E-state index is 0.0158. The van der Waals surface area contributed by atoms with Gasteiger partial charge in [0.05, 0.1) is 17.2 Å². The van der Waals surface area contributed by atoms with E-state index in [9.17, 15) is 4.79 Å². The van der Waals surface area contributed by atoms with Crippen molar-refractivity contribution in [3.63, 3.8) is 0 Å². The zero-order valence-electron chi connectivity index (χ0n) is 14.1. The van der Waals surface area contributed by atoms with Crippen LogP contribution in [-0.4, -0.2) is 56.2 Å². The summed E-state index contributed by atoms with van der Waals surface area (Å²) in [6, 6.07) is 10.0. The molecule has 7 heteroatoms. The number of nitrogens with zero attached hydrogens (tertiary/aromatic N) is 4. The van der Waals surface area contributed by atoms with Crippen LogP contribution in [-0.2, 0) is 6.54 Å². The van der Waals surface area contributed by atoms with Crippen molar-refractivity contribution in [2.45, 2.75) is 6.54 Å². The second-order valence-electron chi connectivity index (χ2n) is 5.97. The summed E-state index contributed by atoms with van der Waals surface area (Å²) in [5, 5.41) is 6.34. The molecule has 128 valence electrons. The van der Waals surface area contributed by atoms with Crippen molar-refractivity contribution < 1.29 is 4.79 Å². The fraction of sp³-hybridized carbons (Fsp3) is 0.412. The van der Waals surface area contributed by atoms with Crippen molar-refractivity contribution in [2.75, 3.05) is 50.1 Å². The van der Waals surface area contributed by atoms with Gasteiger partial charge in [-0.2, -0.15) is 0 Å². The Kier molecular flexibility index (Phi) is 5.20. The molecule has 0 unspecified atom stereocenters. The Bertz CT molecular complexity index is 665. The third kappa shape index (κ3) is 3.97. The molecule has 0 saturated carbocycles. The fourth-order valence-corrected chi connectivity index (χ4v) is 3.46. The number of piperazine rings is 1. The smallest absolute Gasteiger partial charge is 0.317 e. The summed E-state index contributed by atoms with van der Waals surface area (Å²) in [6.07, 6.45) is 0. The summed E-state index contributed by atoms with van der Waals surface area (Å²) in [5.74, 6) is 0.895. The van der Waals surface area contributed by atoms with Crippen LogP contribution in [0.15, 0.2) is 35.7 Å². The fourth-order valence-electron chi connectivity index (χ4n) is 2.67. The summed E-state index contributed by atoms with van der Waals surface area (Å²) >= 11 is 1.74. The summed E-state index contributed by atoms with van der Waals surface area (Å²) in [7, 11) is 3.91. The molecule has 0 aromatic carbocycles. The molecule has 0 radical (unpaired) electrons. The molecule has 1 saturated heterocycles. The molecule has 3 rings (SSSR count). The molecule has 1 aliphatic rings. The molecule has 2 aromatic rings. The van der Waals surface area contributed by atoms with Crippen molar-refractivity contribution in [1.29, 1.82) is 0 Å². The molecule has 1 fully saturated rings. The number of aromatic nitrogens is 1. The quantitative estimate of drug-likeness (QED) is 0.923. The number of nitrogens with one attached hydrogen (secondary N) is 1. The number of anilines is 2. The Morgan fingerprint density at radius 2 is 2.00 bits per heavy atom. The van der Waals surface area contributed by atoms with Crippen LogP contribution < -0.4 is 15.1 Å². The van der Waals surface area contributed by atoms with E-state index in [1.54, 1.807) is 11.3 Å². The molecule has 1 N–H and O–H groups in total. The maximum absolute atomic E-state index is 12.3.